The Kier molecular flexibility index (Phi) is 4.10. The molecule has 1 aliphatic rings. The van der Waals surface area contributed by atoms with Crippen molar-refractivity contribution < 1.29 is 9.53 Å². The van der Waals surface area contributed by atoms with E-state index in [0.717, 1.165) is 11.4 Å². The number of pyridine rings is 1. The molecule has 0 radical (unpaired) electrons. The van der Waals surface area contributed by atoms with Crippen molar-refractivity contribution in [3.8, 4) is 5.69 Å². The van der Waals surface area contributed by atoms with Crippen LogP contribution < -0.4 is 0 Å². The molecule has 2 aromatic rings. The number of carbonyl (C=O) groups excluding carboxylic acids is 1. The maximum atomic E-state index is 11.7. The highest BCUT2D eigenvalue weighted by Gasteiger charge is 2.26. The van der Waals surface area contributed by atoms with Gasteiger partial charge in [0.1, 0.15) is 12.3 Å². The Morgan fingerprint density at radius 3 is 3.00 bits per heavy atom. The highest BCUT2D eigenvalue weighted by molar-refractivity contribution is 8.13. The molecule has 7 nitrogen and oxygen atoms in total. The van der Waals surface area contributed by atoms with Crippen molar-refractivity contribution in [1.29, 1.82) is 0 Å². The van der Waals surface area contributed by atoms with E-state index in [4.69, 9.17) is 4.74 Å². The Bertz CT molecular complexity index is 713. The number of amidine groups is 1. The maximum absolute atomic E-state index is 11.7. The molecule has 0 saturated carbocycles. The lowest BCUT2D eigenvalue weighted by atomic mass is 10.4. The minimum atomic E-state index is -0.356. The number of rotatable bonds is 2. The fourth-order valence-corrected chi connectivity index (χ4v) is 2.64. The second-order valence-corrected chi connectivity index (χ2v) is 5.39. The van der Waals surface area contributed by atoms with Crippen molar-refractivity contribution in [1.82, 2.24) is 19.7 Å². The summed E-state index contributed by atoms with van der Waals surface area (Å²) < 4.78 is 6.68. The van der Waals surface area contributed by atoms with Gasteiger partial charge in [-0.2, -0.15) is 5.10 Å². The molecule has 1 aliphatic heterocycles. The van der Waals surface area contributed by atoms with Crippen LogP contribution in [0.4, 0.5) is 10.5 Å². The van der Waals surface area contributed by atoms with Gasteiger partial charge in [-0.3, -0.25) is 9.88 Å². The molecule has 3 heterocycles. The van der Waals surface area contributed by atoms with Gasteiger partial charge >= 0.3 is 6.09 Å². The largest absolute Gasteiger partial charge is 0.447 e. The molecule has 3 rings (SSSR count). The van der Waals surface area contributed by atoms with Crippen LogP contribution in [0, 0.1) is 6.92 Å². The Balaban J connectivity index is 1.93. The number of thioether (sulfide) groups is 1. The summed E-state index contributed by atoms with van der Waals surface area (Å²) in [6, 6.07) is 3.77. The molecule has 0 unspecified atom stereocenters. The molecule has 1 amide bonds. The number of hydrogen-bond donors (Lipinski definition) is 0. The molecule has 8 heteroatoms. The lowest BCUT2D eigenvalue weighted by molar-refractivity contribution is 0.169. The Morgan fingerprint density at radius 2 is 2.36 bits per heavy atom. The predicted octanol–water partition coefficient (Wildman–Crippen LogP) is 2.38. The summed E-state index contributed by atoms with van der Waals surface area (Å²) in [5, 5.41) is 5.05. The van der Waals surface area contributed by atoms with Crippen molar-refractivity contribution in [2.45, 2.75) is 6.92 Å². The first-order valence-corrected chi connectivity index (χ1v) is 7.95. The molecule has 1 saturated heterocycles. The number of hydrogen-bond acceptors (Lipinski definition) is 6. The van der Waals surface area contributed by atoms with Crippen molar-refractivity contribution in [3.63, 3.8) is 0 Å². The van der Waals surface area contributed by atoms with E-state index in [1.807, 2.05) is 31.5 Å². The standard InChI is InChI=1S/C14H15N5O2S/c1-10-12(9-19(17-10)11-4-3-5-15-8-11)16-13(22-2)18-6-7-21-14(18)20/h3-5,8-9H,6-7H2,1-2H3. The van der Waals surface area contributed by atoms with Gasteiger partial charge in [0.15, 0.2) is 5.17 Å². The van der Waals surface area contributed by atoms with E-state index in [1.165, 1.54) is 16.7 Å². The summed E-state index contributed by atoms with van der Waals surface area (Å²) in [6.07, 6.45) is 6.79. The summed E-state index contributed by atoms with van der Waals surface area (Å²) in [5.74, 6) is 0. The fraction of sp³-hybridized carbons (Fsp3) is 0.286. The van der Waals surface area contributed by atoms with E-state index >= 15 is 0 Å². The fourth-order valence-electron chi connectivity index (χ4n) is 2.07. The number of ether oxygens (including phenoxy) is 1. The van der Waals surface area contributed by atoms with Crippen LogP contribution in [-0.2, 0) is 4.74 Å². The van der Waals surface area contributed by atoms with Gasteiger partial charge in [0.2, 0.25) is 0 Å². The quantitative estimate of drug-likeness (QED) is 0.628. The minimum absolute atomic E-state index is 0.356. The first kappa shape index (κ1) is 14.6. The third kappa shape index (κ3) is 2.82. The normalized spacial score (nSPS) is 15.3. The SMILES string of the molecule is CSC(=Nc1cn(-c2cccnc2)nc1C)N1CCOC1=O. The number of cyclic esters (lactones) is 1. The summed E-state index contributed by atoms with van der Waals surface area (Å²) in [6.45, 7) is 2.80. The van der Waals surface area contributed by atoms with Gasteiger partial charge in [-0.1, -0.05) is 11.8 Å². The molecular formula is C14H15N5O2S. The molecule has 2 aromatic heterocycles. The zero-order valence-corrected chi connectivity index (χ0v) is 13.1. The van der Waals surface area contributed by atoms with E-state index < -0.39 is 0 Å². The van der Waals surface area contributed by atoms with E-state index in [2.05, 4.69) is 15.1 Å². The number of carbonyl (C=O) groups is 1. The number of aliphatic imine (C=N–C) groups is 1. The second-order valence-electron chi connectivity index (χ2n) is 4.62. The monoisotopic (exact) mass is 317 g/mol. The van der Waals surface area contributed by atoms with Crippen LogP contribution >= 0.6 is 11.8 Å². The lowest BCUT2D eigenvalue weighted by Crippen LogP contribution is -2.29. The van der Waals surface area contributed by atoms with Gasteiger partial charge in [0, 0.05) is 6.20 Å². The average Bonchev–Trinajstić information content (AvgIpc) is 3.12. The van der Waals surface area contributed by atoms with E-state index in [0.29, 0.717) is 24.0 Å². The van der Waals surface area contributed by atoms with Gasteiger partial charge in [-0.05, 0) is 25.3 Å². The van der Waals surface area contributed by atoms with E-state index in [-0.39, 0.29) is 6.09 Å². The van der Waals surface area contributed by atoms with Crippen LogP contribution in [-0.4, -0.2) is 50.3 Å². The lowest BCUT2D eigenvalue weighted by Gasteiger charge is -2.12. The molecule has 0 aromatic carbocycles. The zero-order chi connectivity index (χ0) is 15.5. The molecule has 114 valence electrons. The van der Waals surface area contributed by atoms with Gasteiger partial charge < -0.3 is 4.74 Å². The molecular weight excluding hydrogens is 302 g/mol. The number of nitrogens with zero attached hydrogens (tertiary/aromatic N) is 5. The Morgan fingerprint density at radius 1 is 1.50 bits per heavy atom. The second kappa shape index (κ2) is 6.18. The minimum Gasteiger partial charge on any atom is -0.447 e. The third-order valence-electron chi connectivity index (χ3n) is 3.17. The van der Waals surface area contributed by atoms with Crippen molar-refractivity contribution in [3.05, 3.63) is 36.4 Å². The van der Waals surface area contributed by atoms with Gasteiger partial charge in [0.25, 0.3) is 0 Å². The molecule has 0 bridgehead atoms. The zero-order valence-electron chi connectivity index (χ0n) is 12.3. The molecule has 22 heavy (non-hydrogen) atoms. The van der Waals surface area contributed by atoms with Crippen LogP contribution in [0.3, 0.4) is 0 Å². The predicted molar refractivity (Wildman–Crippen MR) is 84.8 cm³/mol. The molecule has 0 N–H and O–H groups in total. The topological polar surface area (TPSA) is 72.6 Å². The summed E-state index contributed by atoms with van der Waals surface area (Å²) in [5.41, 5.74) is 2.36. The first-order valence-electron chi connectivity index (χ1n) is 6.72. The van der Waals surface area contributed by atoms with E-state index in [9.17, 15) is 4.79 Å². The Hall–Kier alpha value is -2.35. The van der Waals surface area contributed by atoms with Crippen LogP contribution in [0.2, 0.25) is 0 Å². The van der Waals surface area contributed by atoms with Crippen LogP contribution in [0.1, 0.15) is 5.69 Å². The highest BCUT2D eigenvalue weighted by atomic mass is 32.2. The summed E-state index contributed by atoms with van der Waals surface area (Å²) in [7, 11) is 0. The number of aromatic nitrogens is 3. The van der Waals surface area contributed by atoms with E-state index in [1.54, 1.807) is 17.1 Å². The summed E-state index contributed by atoms with van der Waals surface area (Å²) >= 11 is 1.41. The molecule has 0 atom stereocenters. The Labute approximate surface area is 132 Å². The molecule has 0 spiro atoms. The summed E-state index contributed by atoms with van der Waals surface area (Å²) in [4.78, 5) is 21.8. The third-order valence-corrected chi connectivity index (χ3v) is 3.85. The molecule has 0 aliphatic carbocycles. The van der Waals surface area contributed by atoms with Gasteiger partial charge in [0.05, 0.1) is 30.3 Å². The smallest absolute Gasteiger partial charge is 0.416 e. The van der Waals surface area contributed by atoms with Gasteiger partial charge in [-0.25, -0.2) is 14.5 Å². The van der Waals surface area contributed by atoms with Gasteiger partial charge in [-0.15, -0.1) is 0 Å². The average molecular weight is 317 g/mol. The van der Waals surface area contributed by atoms with Crippen molar-refractivity contribution >= 4 is 28.7 Å². The number of aryl methyl sites for hydroxylation is 1. The van der Waals surface area contributed by atoms with Crippen LogP contribution in [0.25, 0.3) is 5.69 Å². The first-order chi connectivity index (χ1) is 10.7. The van der Waals surface area contributed by atoms with Crippen LogP contribution in [0.15, 0.2) is 35.7 Å². The highest BCUT2D eigenvalue weighted by Crippen LogP contribution is 2.23. The maximum Gasteiger partial charge on any atom is 0.416 e. The van der Waals surface area contributed by atoms with Crippen molar-refractivity contribution in [2.75, 3.05) is 19.4 Å². The van der Waals surface area contributed by atoms with Crippen molar-refractivity contribution in [2.24, 2.45) is 4.99 Å². The molecule has 1 fully saturated rings. The number of amides is 1. The van der Waals surface area contributed by atoms with Crippen LogP contribution in [0.5, 0.6) is 0 Å².